The molecule has 8 nitrogen and oxygen atoms in total. The van der Waals surface area contributed by atoms with Crippen LogP contribution in [0.4, 0.5) is 29.3 Å². The monoisotopic (exact) mass is 476 g/mol. The fourth-order valence-electron chi connectivity index (χ4n) is 4.47. The summed E-state index contributed by atoms with van der Waals surface area (Å²) in [6.07, 6.45) is -0.424. The van der Waals surface area contributed by atoms with Crippen molar-refractivity contribution in [2.75, 3.05) is 17.7 Å². The average Bonchev–Trinajstić information content (AvgIpc) is 3.35. The van der Waals surface area contributed by atoms with Crippen molar-refractivity contribution in [1.29, 1.82) is 0 Å². The van der Waals surface area contributed by atoms with Gasteiger partial charge in [-0.05, 0) is 31.9 Å². The van der Waals surface area contributed by atoms with E-state index in [1.54, 1.807) is 32.3 Å². The van der Waals surface area contributed by atoms with E-state index in [0.29, 0.717) is 63.9 Å². The van der Waals surface area contributed by atoms with E-state index < -0.39 is 18.9 Å². The van der Waals surface area contributed by atoms with Gasteiger partial charge >= 0.3 is 0 Å². The first kappa shape index (κ1) is 22.4. The number of rotatable bonds is 6. The number of hydrogen-bond donors (Lipinski definition) is 3. The molecule has 0 spiro atoms. The number of imidazole rings is 1. The van der Waals surface area contributed by atoms with Gasteiger partial charge in [0.05, 0.1) is 17.6 Å². The van der Waals surface area contributed by atoms with Crippen molar-refractivity contribution in [2.24, 2.45) is 0 Å². The van der Waals surface area contributed by atoms with Crippen molar-refractivity contribution in [3.8, 4) is 11.3 Å². The van der Waals surface area contributed by atoms with Gasteiger partial charge in [-0.2, -0.15) is 9.97 Å². The second-order valence-corrected chi connectivity index (χ2v) is 8.55. The standard InChI is InChI=1S/C22H24F4N8/c1-11-29-15-4-3-14(31-20(15)34(11)10-16(23)24)13-9-28-19-17(13)18(27-2)32-21(33-19)30-12-5-7-22(25,26)8-6-12/h3-4,9,12,16H,5-8,10H2,1-2H3,(H3,27,28,30,32,33). The number of nitrogens with zero attached hydrogens (tertiary/aromatic N) is 5. The first-order chi connectivity index (χ1) is 16.2. The van der Waals surface area contributed by atoms with Gasteiger partial charge in [0.1, 0.15) is 22.8 Å². The first-order valence-corrected chi connectivity index (χ1v) is 11.1. The maximum Gasteiger partial charge on any atom is 0.256 e. The molecule has 0 unspecified atom stereocenters. The number of nitrogens with one attached hydrogen (secondary N) is 3. The van der Waals surface area contributed by atoms with Gasteiger partial charge in [-0.25, -0.2) is 27.5 Å². The Morgan fingerprint density at radius 2 is 1.91 bits per heavy atom. The molecule has 1 aliphatic rings. The summed E-state index contributed by atoms with van der Waals surface area (Å²) in [4.78, 5) is 21.2. The Balaban J connectivity index is 1.51. The van der Waals surface area contributed by atoms with Crippen molar-refractivity contribution in [1.82, 2.24) is 29.5 Å². The third-order valence-corrected chi connectivity index (χ3v) is 6.20. The van der Waals surface area contributed by atoms with Crippen LogP contribution in [-0.4, -0.2) is 54.9 Å². The molecule has 4 aromatic heterocycles. The number of H-pyrrole nitrogens is 1. The average molecular weight is 476 g/mol. The molecule has 4 aromatic rings. The molecule has 180 valence electrons. The van der Waals surface area contributed by atoms with Crippen LogP contribution in [0.3, 0.4) is 0 Å². The molecule has 12 heteroatoms. The van der Waals surface area contributed by atoms with Gasteiger partial charge in [0.15, 0.2) is 5.65 Å². The molecule has 0 aliphatic heterocycles. The Morgan fingerprint density at radius 1 is 1.15 bits per heavy atom. The second-order valence-electron chi connectivity index (χ2n) is 8.55. The Kier molecular flexibility index (Phi) is 5.53. The first-order valence-electron chi connectivity index (χ1n) is 11.1. The molecule has 0 atom stereocenters. The van der Waals surface area contributed by atoms with Gasteiger partial charge in [-0.3, -0.25) is 0 Å². The molecule has 4 heterocycles. The molecule has 0 bridgehead atoms. The number of hydrogen-bond acceptors (Lipinski definition) is 6. The van der Waals surface area contributed by atoms with E-state index >= 15 is 0 Å². The van der Waals surface area contributed by atoms with Gasteiger partial charge in [0.2, 0.25) is 11.9 Å². The van der Waals surface area contributed by atoms with E-state index in [9.17, 15) is 17.6 Å². The topological polar surface area (TPSA) is 96.3 Å². The summed E-state index contributed by atoms with van der Waals surface area (Å²) in [6.45, 7) is 1.18. The molecule has 34 heavy (non-hydrogen) atoms. The van der Waals surface area contributed by atoms with E-state index in [0.717, 1.165) is 0 Å². The van der Waals surface area contributed by atoms with Gasteiger partial charge in [-0.15, -0.1) is 0 Å². The minimum atomic E-state index is -2.61. The van der Waals surface area contributed by atoms with E-state index in [1.807, 2.05) is 0 Å². The van der Waals surface area contributed by atoms with Crippen LogP contribution >= 0.6 is 0 Å². The predicted octanol–water partition coefficient (Wildman–Crippen LogP) is 4.97. The van der Waals surface area contributed by atoms with Crippen molar-refractivity contribution in [3.63, 3.8) is 0 Å². The fraction of sp³-hybridized carbons (Fsp3) is 0.455. The number of aromatic amines is 1. The molecule has 0 amide bonds. The lowest BCUT2D eigenvalue weighted by Crippen LogP contribution is -2.32. The molecule has 1 saturated carbocycles. The van der Waals surface area contributed by atoms with Crippen LogP contribution in [0.2, 0.25) is 0 Å². The zero-order chi connectivity index (χ0) is 24.0. The molecule has 1 aliphatic carbocycles. The molecule has 1 fully saturated rings. The SMILES string of the molecule is CNc1nc(NC2CCC(F)(F)CC2)nc2[nH]cc(-c3ccc4nc(C)n(CC(F)F)c4n3)c12. The predicted molar refractivity (Wildman–Crippen MR) is 122 cm³/mol. The smallest absolute Gasteiger partial charge is 0.256 e. The third kappa shape index (κ3) is 4.12. The number of pyridine rings is 1. The number of halogens is 4. The Hall–Kier alpha value is -3.44. The molecule has 5 rings (SSSR count). The van der Waals surface area contributed by atoms with E-state index in [1.165, 1.54) is 4.57 Å². The minimum absolute atomic E-state index is 0.126. The molecule has 0 saturated heterocycles. The van der Waals surface area contributed by atoms with Gasteiger partial charge in [0.25, 0.3) is 6.43 Å². The lowest BCUT2D eigenvalue weighted by atomic mass is 9.92. The lowest BCUT2D eigenvalue weighted by Gasteiger charge is -2.28. The van der Waals surface area contributed by atoms with Gasteiger partial charge < -0.3 is 20.2 Å². The number of alkyl halides is 4. The van der Waals surface area contributed by atoms with Crippen molar-refractivity contribution in [3.05, 3.63) is 24.2 Å². The minimum Gasteiger partial charge on any atom is -0.372 e. The van der Waals surface area contributed by atoms with Crippen molar-refractivity contribution >= 4 is 34.0 Å². The highest BCUT2D eigenvalue weighted by atomic mass is 19.3. The number of anilines is 2. The normalized spacial score (nSPS) is 16.6. The highest BCUT2D eigenvalue weighted by Gasteiger charge is 2.35. The van der Waals surface area contributed by atoms with E-state index in [2.05, 4.69) is 35.6 Å². The van der Waals surface area contributed by atoms with Crippen LogP contribution in [0.15, 0.2) is 18.3 Å². The largest absolute Gasteiger partial charge is 0.372 e. The molecule has 0 aromatic carbocycles. The number of fused-ring (bicyclic) bond motifs is 2. The fourth-order valence-corrected chi connectivity index (χ4v) is 4.47. The summed E-state index contributed by atoms with van der Waals surface area (Å²) >= 11 is 0. The highest BCUT2D eigenvalue weighted by Crippen LogP contribution is 2.36. The Labute approximate surface area is 192 Å². The van der Waals surface area contributed by atoms with Crippen LogP contribution in [0.1, 0.15) is 31.5 Å². The van der Waals surface area contributed by atoms with Crippen LogP contribution in [0.25, 0.3) is 33.5 Å². The number of aryl methyl sites for hydroxylation is 1. The van der Waals surface area contributed by atoms with Crippen LogP contribution in [-0.2, 0) is 6.54 Å². The van der Waals surface area contributed by atoms with Crippen LogP contribution in [0.5, 0.6) is 0 Å². The van der Waals surface area contributed by atoms with Crippen LogP contribution in [0, 0.1) is 6.92 Å². The van der Waals surface area contributed by atoms with Crippen molar-refractivity contribution < 1.29 is 17.6 Å². The summed E-state index contributed by atoms with van der Waals surface area (Å²) in [7, 11) is 1.72. The zero-order valence-corrected chi connectivity index (χ0v) is 18.7. The maximum absolute atomic E-state index is 13.5. The van der Waals surface area contributed by atoms with E-state index in [4.69, 9.17) is 0 Å². The summed E-state index contributed by atoms with van der Waals surface area (Å²) in [5.74, 6) is -1.27. The quantitative estimate of drug-likeness (QED) is 0.340. The van der Waals surface area contributed by atoms with Crippen LogP contribution < -0.4 is 10.6 Å². The molecule has 0 radical (unpaired) electrons. The molecular weight excluding hydrogens is 452 g/mol. The summed E-state index contributed by atoms with van der Waals surface area (Å²) < 4.78 is 54.5. The van der Waals surface area contributed by atoms with Gasteiger partial charge in [0, 0.05) is 37.7 Å². The summed E-state index contributed by atoms with van der Waals surface area (Å²) in [6, 6.07) is 3.40. The summed E-state index contributed by atoms with van der Waals surface area (Å²) in [5.41, 5.74) is 2.72. The Bertz CT molecular complexity index is 1340. The highest BCUT2D eigenvalue weighted by molar-refractivity contribution is 6.01. The lowest BCUT2D eigenvalue weighted by molar-refractivity contribution is -0.0361. The third-order valence-electron chi connectivity index (χ3n) is 6.20. The van der Waals surface area contributed by atoms with Gasteiger partial charge in [-0.1, -0.05) is 0 Å². The van der Waals surface area contributed by atoms with Crippen molar-refractivity contribution in [2.45, 2.75) is 57.5 Å². The second kappa shape index (κ2) is 8.41. The zero-order valence-electron chi connectivity index (χ0n) is 18.7. The maximum atomic E-state index is 13.5. The Morgan fingerprint density at radius 3 is 2.62 bits per heavy atom. The van der Waals surface area contributed by atoms with E-state index in [-0.39, 0.29) is 18.9 Å². The number of aromatic nitrogens is 6. The molecular formula is C22H24F4N8. The molecule has 3 N–H and O–H groups in total. The summed E-state index contributed by atoms with van der Waals surface area (Å²) in [5, 5.41) is 6.92.